The normalized spacial score (nSPS) is 12.5. The van der Waals surface area contributed by atoms with Crippen LogP contribution in [0.2, 0.25) is 0 Å². The molecule has 0 fully saturated rings. The molecule has 1 aliphatic rings. The zero-order valence-corrected chi connectivity index (χ0v) is 15.5. The maximum atomic E-state index is 13.1. The summed E-state index contributed by atoms with van der Waals surface area (Å²) in [6.07, 6.45) is 0. The van der Waals surface area contributed by atoms with Crippen molar-refractivity contribution in [2.75, 3.05) is 24.2 Å². The largest absolute Gasteiger partial charge is 0.465 e. The second kappa shape index (κ2) is 7.72. The molecular weight excluding hydrogens is 392 g/mol. The van der Waals surface area contributed by atoms with E-state index in [0.29, 0.717) is 11.5 Å². The molecule has 11 heteroatoms. The SMILES string of the molecule is CCOC(=O)CN(c1ccc2c(c1)OCO2)S(=O)(=O)c1ccc([N+](=O)[O-])cc1. The number of hydrogen-bond donors (Lipinski definition) is 0. The average Bonchev–Trinajstić information content (AvgIpc) is 3.14. The number of carbonyl (C=O) groups excluding carboxylic acids is 1. The first-order valence-electron chi connectivity index (χ1n) is 8.15. The summed E-state index contributed by atoms with van der Waals surface area (Å²) in [6, 6.07) is 8.81. The molecule has 0 bridgehead atoms. The standard InChI is InChI=1S/C17H16N2O8S/c1-2-25-17(20)10-18(13-5-8-15-16(9-13)27-11-26-15)28(23,24)14-6-3-12(4-7-14)19(21)22/h3-9H,2,10-11H2,1H3. The fraction of sp³-hybridized carbons (Fsp3) is 0.235. The molecule has 0 unspecified atom stereocenters. The number of nitro benzene ring substituents is 1. The molecule has 28 heavy (non-hydrogen) atoms. The third-order valence-electron chi connectivity index (χ3n) is 3.86. The molecule has 0 saturated heterocycles. The van der Waals surface area contributed by atoms with Gasteiger partial charge in [0.25, 0.3) is 15.7 Å². The van der Waals surface area contributed by atoms with Crippen LogP contribution in [0.1, 0.15) is 6.92 Å². The van der Waals surface area contributed by atoms with E-state index in [9.17, 15) is 23.3 Å². The second-order valence-corrected chi connectivity index (χ2v) is 7.47. The number of nitro groups is 1. The first-order valence-corrected chi connectivity index (χ1v) is 9.59. The van der Waals surface area contributed by atoms with E-state index in [1.165, 1.54) is 18.2 Å². The molecule has 0 amide bonds. The minimum absolute atomic E-state index is 0.00572. The lowest BCUT2D eigenvalue weighted by Crippen LogP contribution is -2.36. The van der Waals surface area contributed by atoms with Crippen LogP contribution in [-0.4, -0.2) is 39.3 Å². The van der Waals surface area contributed by atoms with Crippen molar-refractivity contribution in [3.8, 4) is 11.5 Å². The maximum absolute atomic E-state index is 13.1. The van der Waals surface area contributed by atoms with Gasteiger partial charge in [-0.1, -0.05) is 0 Å². The predicted octanol–water partition coefficient (Wildman–Crippen LogP) is 2.08. The first-order chi connectivity index (χ1) is 13.3. The van der Waals surface area contributed by atoms with Crippen molar-refractivity contribution in [1.29, 1.82) is 0 Å². The first kappa shape index (κ1) is 19.4. The van der Waals surface area contributed by atoms with Crippen LogP contribution in [0.15, 0.2) is 47.4 Å². The highest BCUT2D eigenvalue weighted by Crippen LogP contribution is 2.37. The van der Waals surface area contributed by atoms with Crippen molar-refractivity contribution in [3.05, 3.63) is 52.6 Å². The third kappa shape index (κ3) is 3.83. The van der Waals surface area contributed by atoms with Gasteiger partial charge in [0, 0.05) is 18.2 Å². The van der Waals surface area contributed by atoms with Gasteiger partial charge < -0.3 is 14.2 Å². The van der Waals surface area contributed by atoms with E-state index in [4.69, 9.17) is 14.2 Å². The van der Waals surface area contributed by atoms with Gasteiger partial charge >= 0.3 is 5.97 Å². The summed E-state index contributed by atoms with van der Waals surface area (Å²) in [4.78, 5) is 22.0. The van der Waals surface area contributed by atoms with E-state index < -0.39 is 27.5 Å². The smallest absolute Gasteiger partial charge is 0.326 e. The van der Waals surface area contributed by atoms with Crippen molar-refractivity contribution < 1.29 is 32.3 Å². The van der Waals surface area contributed by atoms with E-state index in [2.05, 4.69) is 0 Å². The Hall–Kier alpha value is -3.34. The maximum Gasteiger partial charge on any atom is 0.326 e. The molecule has 1 aliphatic heterocycles. The summed E-state index contributed by atoms with van der Waals surface area (Å²) in [6.45, 7) is 1.12. The quantitative estimate of drug-likeness (QED) is 0.387. The lowest BCUT2D eigenvalue weighted by atomic mass is 10.3. The fourth-order valence-electron chi connectivity index (χ4n) is 2.55. The number of nitrogens with zero attached hydrogens (tertiary/aromatic N) is 2. The zero-order chi connectivity index (χ0) is 20.3. The molecular formula is C17H16N2O8S. The molecule has 148 valence electrons. The molecule has 0 spiro atoms. The van der Waals surface area contributed by atoms with Gasteiger partial charge in [-0.15, -0.1) is 0 Å². The molecule has 1 heterocycles. The van der Waals surface area contributed by atoms with E-state index >= 15 is 0 Å². The van der Waals surface area contributed by atoms with Crippen LogP contribution < -0.4 is 13.8 Å². The minimum atomic E-state index is -4.21. The Kier molecular flexibility index (Phi) is 5.36. The van der Waals surface area contributed by atoms with Gasteiger partial charge in [0.15, 0.2) is 11.5 Å². The lowest BCUT2D eigenvalue weighted by Gasteiger charge is -2.23. The van der Waals surface area contributed by atoms with Gasteiger partial charge in [0.1, 0.15) is 6.54 Å². The Morgan fingerprint density at radius 3 is 2.50 bits per heavy atom. The van der Waals surface area contributed by atoms with Gasteiger partial charge in [-0.3, -0.25) is 19.2 Å². The zero-order valence-electron chi connectivity index (χ0n) is 14.7. The Morgan fingerprint density at radius 2 is 1.86 bits per heavy atom. The Bertz CT molecular complexity index is 1000. The van der Waals surface area contributed by atoms with E-state index in [1.54, 1.807) is 6.92 Å². The van der Waals surface area contributed by atoms with E-state index in [-0.39, 0.29) is 29.7 Å². The molecule has 0 aromatic heterocycles. The number of fused-ring (bicyclic) bond motifs is 1. The topological polar surface area (TPSA) is 125 Å². The van der Waals surface area contributed by atoms with Crippen LogP contribution in [0, 0.1) is 10.1 Å². The van der Waals surface area contributed by atoms with Crippen molar-refractivity contribution in [2.24, 2.45) is 0 Å². The van der Waals surface area contributed by atoms with E-state index in [0.717, 1.165) is 28.6 Å². The molecule has 0 radical (unpaired) electrons. The highest BCUT2D eigenvalue weighted by Gasteiger charge is 2.29. The Labute approximate surface area is 160 Å². The van der Waals surface area contributed by atoms with Crippen molar-refractivity contribution in [3.63, 3.8) is 0 Å². The molecule has 3 rings (SSSR count). The molecule has 0 atom stereocenters. The van der Waals surface area contributed by atoms with Crippen LogP contribution in [-0.2, 0) is 19.6 Å². The fourth-order valence-corrected chi connectivity index (χ4v) is 3.95. The number of ether oxygens (including phenoxy) is 3. The molecule has 0 aliphatic carbocycles. The number of rotatable bonds is 7. The molecule has 2 aromatic rings. The summed E-state index contributed by atoms with van der Waals surface area (Å²) in [7, 11) is -4.21. The monoisotopic (exact) mass is 408 g/mol. The predicted molar refractivity (Wildman–Crippen MR) is 96.8 cm³/mol. The molecule has 0 saturated carbocycles. The van der Waals surface area contributed by atoms with Crippen LogP contribution in [0.3, 0.4) is 0 Å². The number of carbonyl (C=O) groups is 1. The molecule has 0 N–H and O–H groups in total. The number of hydrogen-bond acceptors (Lipinski definition) is 8. The van der Waals surface area contributed by atoms with Crippen LogP contribution in [0.25, 0.3) is 0 Å². The van der Waals surface area contributed by atoms with E-state index in [1.807, 2.05) is 0 Å². The Balaban J connectivity index is 2.02. The van der Waals surface area contributed by atoms with Gasteiger partial charge in [0.2, 0.25) is 6.79 Å². The third-order valence-corrected chi connectivity index (χ3v) is 5.65. The average molecular weight is 408 g/mol. The summed E-state index contributed by atoms with van der Waals surface area (Å²) in [5.41, 5.74) is -0.0883. The van der Waals surface area contributed by atoms with Crippen LogP contribution in [0.4, 0.5) is 11.4 Å². The summed E-state index contributed by atoms with van der Waals surface area (Å²) in [5.74, 6) is 0.0449. The van der Waals surface area contributed by atoms with Crippen molar-refractivity contribution in [1.82, 2.24) is 0 Å². The Morgan fingerprint density at radius 1 is 1.18 bits per heavy atom. The van der Waals surface area contributed by atoms with Crippen molar-refractivity contribution in [2.45, 2.75) is 11.8 Å². The van der Waals surface area contributed by atoms with Crippen LogP contribution in [0.5, 0.6) is 11.5 Å². The van der Waals surface area contributed by atoms with Gasteiger partial charge in [-0.2, -0.15) is 0 Å². The van der Waals surface area contributed by atoms with Crippen molar-refractivity contribution >= 4 is 27.4 Å². The summed E-state index contributed by atoms with van der Waals surface area (Å²) >= 11 is 0. The van der Waals surface area contributed by atoms with Gasteiger partial charge in [0.05, 0.1) is 22.1 Å². The minimum Gasteiger partial charge on any atom is -0.465 e. The number of anilines is 1. The second-order valence-electron chi connectivity index (χ2n) is 5.61. The van der Waals surface area contributed by atoms with Crippen LogP contribution >= 0.6 is 0 Å². The number of sulfonamides is 1. The number of benzene rings is 2. The number of non-ortho nitro benzene ring substituents is 1. The van der Waals surface area contributed by atoms with Gasteiger partial charge in [-0.05, 0) is 31.2 Å². The highest BCUT2D eigenvalue weighted by atomic mass is 32.2. The molecule has 2 aromatic carbocycles. The molecule has 10 nitrogen and oxygen atoms in total. The summed E-state index contributed by atoms with van der Waals surface area (Å²) in [5, 5.41) is 10.8. The number of esters is 1. The summed E-state index contributed by atoms with van der Waals surface area (Å²) < 4.78 is 42.5. The van der Waals surface area contributed by atoms with Gasteiger partial charge in [-0.25, -0.2) is 8.42 Å². The lowest BCUT2D eigenvalue weighted by molar-refractivity contribution is -0.384. The highest BCUT2D eigenvalue weighted by molar-refractivity contribution is 7.92.